The summed E-state index contributed by atoms with van der Waals surface area (Å²) in [6, 6.07) is 11.4. The molecule has 0 saturated carbocycles. The van der Waals surface area contributed by atoms with E-state index < -0.39 is 12.2 Å². The van der Waals surface area contributed by atoms with Crippen LogP contribution in [0.4, 0.5) is 5.69 Å². The average molecular weight is 267 g/mol. The number of hydrogen-bond acceptors (Lipinski definition) is 4. The molecule has 0 bridgehead atoms. The van der Waals surface area contributed by atoms with E-state index in [1.807, 2.05) is 0 Å². The number of carbonyl (C=O) groups excluding carboxylic acids is 2. The van der Waals surface area contributed by atoms with E-state index in [9.17, 15) is 14.7 Å². The standard InChI is InChI=1S/C15H9NO4/c17-8-5-6-12-11(7-8)15(19)20-14-10-4-2-1-3-9(10)13(18)16(12)14/h1-7,14,17H/t14-/m1/s1. The number of anilines is 1. The molecule has 0 fully saturated rings. The van der Waals surface area contributed by atoms with Crippen LogP contribution in [0.25, 0.3) is 0 Å². The van der Waals surface area contributed by atoms with Gasteiger partial charge in [-0.05, 0) is 24.3 Å². The highest BCUT2D eigenvalue weighted by molar-refractivity contribution is 6.15. The minimum Gasteiger partial charge on any atom is -0.508 e. The molecule has 0 aromatic heterocycles. The number of esters is 1. The number of benzene rings is 2. The summed E-state index contributed by atoms with van der Waals surface area (Å²) < 4.78 is 5.34. The molecule has 2 aliphatic rings. The molecular formula is C15H9NO4. The van der Waals surface area contributed by atoms with Gasteiger partial charge in [0, 0.05) is 11.1 Å². The van der Waals surface area contributed by atoms with E-state index in [1.165, 1.54) is 17.0 Å². The van der Waals surface area contributed by atoms with E-state index in [2.05, 4.69) is 0 Å². The molecule has 1 amide bonds. The third-order valence-corrected chi connectivity index (χ3v) is 3.59. The summed E-state index contributed by atoms with van der Waals surface area (Å²) in [4.78, 5) is 25.9. The minimum absolute atomic E-state index is 0.0386. The molecule has 5 heteroatoms. The smallest absolute Gasteiger partial charge is 0.342 e. The second-order valence-electron chi connectivity index (χ2n) is 4.72. The number of phenolic OH excluding ortho intramolecular Hbond substituents is 1. The van der Waals surface area contributed by atoms with Gasteiger partial charge in [-0.3, -0.25) is 9.69 Å². The number of fused-ring (bicyclic) bond motifs is 5. The van der Waals surface area contributed by atoms with E-state index in [1.54, 1.807) is 30.3 Å². The third-order valence-electron chi connectivity index (χ3n) is 3.59. The first-order valence-electron chi connectivity index (χ1n) is 6.13. The molecule has 0 unspecified atom stereocenters. The zero-order valence-electron chi connectivity index (χ0n) is 10.2. The van der Waals surface area contributed by atoms with Gasteiger partial charge >= 0.3 is 5.97 Å². The van der Waals surface area contributed by atoms with Crippen molar-refractivity contribution in [1.29, 1.82) is 0 Å². The second-order valence-corrected chi connectivity index (χ2v) is 4.72. The van der Waals surface area contributed by atoms with Crippen molar-refractivity contribution in [3.63, 3.8) is 0 Å². The van der Waals surface area contributed by atoms with E-state index >= 15 is 0 Å². The lowest BCUT2D eigenvalue weighted by Gasteiger charge is -2.31. The van der Waals surface area contributed by atoms with E-state index in [0.717, 1.165) is 0 Å². The molecule has 0 aliphatic carbocycles. The molecule has 0 saturated heterocycles. The highest BCUT2D eigenvalue weighted by atomic mass is 16.6. The van der Waals surface area contributed by atoms with Crippen molar-refractivity contribution in [3.05, 3.63) is 59.2 Å². The Bertz CT molecular complexity index is 768. The summed E-state index contributed by atoms with van der Waals surface area (Å²) in [5.41, 5.74) is 1.88. The van der Waals surface area contributed by atoms with Crippen molar-refractivity contribution < 1.29 is 19.4 Å². The Hall–Kier alpha value is -2.82. The van der Waals surface area contributed by atoms with Gasteiger partial charge in [0.25, 0.3) is 5.91 Å². The normalized spacial score (nSPS) is 19.2. The van der Waals surface area contributed by atoms with Crippen LogP contribution in [0.1, 0.15) is 32.5 Å². The van der Waals surface area contributed by atoms with E-state index in [4.69, 9.17) is 4.74 Å². The molecule has 0 spiro atoms. The molecule has 0 radical (unpaired) electrons. The summed E-state index contributed by atoms with van der Waals surface area (Å²) in [5, 5.41) is 9.47. The summed E-state index contributed by atoms with van der Waals surface area (Å²) in [6.45, 7) is 0. The largest absolute Gasteiger partial charge is 0.508 e. The van der Waals surface area contributed by atoms with Crippen LogP contribution in [-0.4, -0.2) is 17.0 Å². The Morgan fingerprint density at radius 3 is 2.70 bits per heavy atom. The van der Waals surface area contributed by atoms with E-state index in [0.29, 0.717) is 16.8 Å². The Morgan fingerprint density at radius 2 is 1.85 bits per heavy atom. The van der Waals surface area contributed by atoms with Gasteiger partial charge in [0.15, 0.2) is 0 Å². The first kappa shape index (κ1) is 11.0. The number of ether oxygens (including phenoxy) is 1. The Morgan fingerprint density at radius 1 is 1.05 bits per heavy atom. The molecule has 2 aliphatic heterocycles. The number of rotatable bonds is 0. The zero-order chi connectivity index (χ0) is 13.9. The molecule has 5 nitrogen and oxygen atoms in total. The maximum atomic E-state index is 12.5. The highest BCUT2D eigenvalue weighted by Gasteiger charge is 2.44. The fourth-order valence-corrected chi connectivity index (χ4v) is 2.70. The number of phenols is 1. The molecule has 1 atom stereocenters. The number of aromatic hydroxyl groups is 1. The van der Waals surface area contributed by atoms with Gasteiger partial charge in [-0.1, -0.05) is 18.2 Å². The second kappa shape index (κ2) is 3.60. The van der Waals surface area contributed by atoms with Crippen molar-refractivity contribution in [2.75, 3.05) is 4.90 Å². The number of amides is 1. The predicted octanol–water partition coefficient (Wildman–Crippen LogP) is 2.22. The van der Waals surface area contributed by atoms with Gasteiger partial charge < -0.3 is 9.84 Å². The highest BCUT2D eigenvalue weighted by Crippen LogP contribution is 2.44. The van der Waals surface area contributed by atoms with Crippen LogP contribution in [0.3, 0.4) is 0 Å². The molecule has 2 aromatic carbocycles. The maximum absolute atomic E-state index is 12.5. The monoisotopic (exact) mass is 267 g/mol. The van der Waals surface area contributed by atoms with Gasteiger partial charge in [0.05, 0.1) is 11.3 Å². The van der Waals surface area contributed by atoms with Crippen LogP contribution >= 0.6 is 0 Å². The molecule has 20 heavy (non-hydrogen) atoms. The quantitative estimate of drug-likeness (QED) is 0.743. The fourth-order valence-electron chi connectivity index (χ4n) is 2.70. The van der Waals surface area contributed by atoms with Gasteiger partial charge in [-0.2, -0.15) is 0 Å². The molecule has 98 valence electrons. The maximum Gasteiger partial charge on any atom is 0.342 e. The summed E-state index contributed by atoms with van der Waals surface area (Å²) in [7, 11) is 0. The van der Waals surface area contributed by atoms with Gasteiger partial charge in [-0.25, -0.2) is 4.79 Å². The zero-order valence-corrected chi connectivity index (χ0v) is 10.2. The van der Waals surface area contributed by atoms with E-state index in [-0.39, 0.29) is 17.2 Å². The van der Waals surface area contributed by atoms with Crippen molar-refractivity contribution >= 4 is 17.6 Å². The molecule has 2 heterocycles. The van der Waals surface area contributed by atoms with Crippen LogP contribution in [0.15, 0.2) is 42.5 Å². The first-order chi connectivity index (χ1) is 9.66. The van der Waals surface area contributed by atoms with Crippen molar-refractivity contribution in [2.45, 2.75) is 6.23 Å². The summed E-state index contributed by atoms with van der Waals surface area (Å²) in [5.74, 6) is -0.782. The van der Waals surface area contributed by atoms with Gasteiger partial charge in [-0.15, -0.1) is 0 Å². The van der Waals surface area contributed by atoms with Crippen molar-refractivity contribution in [3.8, 4) is 5.75 Å². The number of nitrogens with zero attached hydrogens (tertiary/aromatic N) is 1. The third kappa shape index (κ3) is 1.26. The molecule has 1 N–H and O–H groups in total. The first-order valence-corrected chi connectivity index (χ1v) is 6.13. The fraction of sp³-hybridized carbons (Fsp3) is 0.0667. The molecular weight excluding hydrogens is 258 g/mol. The van der Waals surface area contributed by atoms with Crippen LogP contribution in [0.5, 0.6) is 5.75 Å². The van der Waals surface area contributed by atoms with Crippen LogP contribution in [0, 0.1) is 0 Å². The minimum atomic E-state index is -0.719. The van der Waals surface area contributed by atoms with Gasteiger partial charge in [0.2, 0.25) is 6.23 Å². The summed E-state index contributed by atoms with van der Waals surface area (Å²) >= 11 is 0. The predicted molar refractivity (Wildman–Crippen MR) is 69.5 cm³/mol. The van der Waals surface area contributed by atoms with Crippen LogP contribution in [0.2, 0.25) is 0 Å². The SMILES string of the molecule is O=C1O[C@@H]2c3ccccc3C(=O)N2c2ccc(O)cc21. The Kier molecular flexibility index (Phi) is 1.99. The molecule has 2 aromatic rings. The lowest BCUT2D eigenvalue weighted by Crippen LogP contribution is -2.36. The number of hydrogen-bond donors (Lipinski definition) is 1. The van der Waals surface area contributed by atoms with Gasteiger partial charge in [0.1, 0.15) is 5.75 Å². The average Bonchev–Trinajstić information content (AvgIpc) is 2.73. The van der Waals surface area contributed by atoms with Crippen LogP contribution in [-0.2, 0) is 4.74 Å². The Balaban J connectivity index is 1.96. The Labute approximate surface area is 114 Å². The summed E-state index contributed by atoms with van der Waals surface area (Å²) in [6.07, 6.45) is -0.719. The topological polar surface area (TPSA) is 66.8 Å². The lowest BCUT2D eigenvalue weighted by molar-refractivity contribution is 0.0272. The van der Waals surface area contributed by atoms with Crippen LogP contribution < -0.4 is 4.90 Å². The van der Waals surface area contributed by atoms with Crippen molar-refractivity contribution in [1.82, 2.24) is 0 Å². The van der Waals surface area contributed by atoms with Crippen molar-refractivity contribution in [2.24, 2.45) is 0 Å². The number of carbonyl (C=O) groups is 2. The molecule has 4 rings (SSSR count). The lowest BCUT2D eigenvalue weighted by atomic mass is 10.1.